The fourth-order valence-electron chi connectivity index (χ4n) is 4.87. The van der Waals surface area contributed by atoms with Crippen LogP contribution in [0.25, 0.3) is 0 Å². The van der Waals surface area contributed by atoms with Crippen molar-refractivity contribution < 1.29 is 99.1 Å². The largest absolute Gasteiger partial charge is 0.494 e. The third kappa shape index (κ3) is 10.9. The lowest BCUT2D eigenvalue weighted by atomic mass is 10.0. The molecule has 1 heterocycles. The van der Waals surface area contributed by atoms with E-state index in [1.807, 2.05) is 0 Å². The Morgan fingerprint density at radius 3 is 1.91 bits per heavy atom. The van der Waals surface area contributed by atoms with Crippen molar-refractivity contribution in [3.63, 3.8) is 0 Å². The standard InChI is InChI=1S/C33H32F15NO7/c1-2-3-4-5-6-9-16-53-21-14-12-20(13-15-21)25(50)23-10-7-8-11-24(23)49-17-22(54-26(49)51)18-52-19-27(34,35)55-32(45,46)33(47,48)56-31(43,44)29(38,39)28(36,37)30(40,41)42/h7-8,10-15,22H,2-6,9,16-19H2,1H3/t22-/m0/s1. The van der Waals surface area contributed by atoms with Crippen LogP contribution in [0.15, 0.2) is 48.5 Å². The number of carbonyl (C=O) groups excluding carboxylic acids is 2. The van der Waals surface area contributed by atoms with Crippen molar-refractivity contribution in [3.05, 3.63) is 59.7 Å². The molecule has 0 radical (unpaired) electrons. The molecule has 8 nitrogen and oxygen atoms in total. The van der Waals surface area contributed by atoms with Crippen LogP contribution in [0.1, 0.15) is 61.4 Å². The van der Waals surface area contributed by atoms with E-state index in [1.165, 1.54) is 36.4 Å². The van der Waals surface area contributed by atoms with Gasteiger partial charge in [0.15, 0.2) is 5.78 Å². The van der Waals surface area contributed by atoms with E-state index >= 15 is 0 Å². The topological polar surface area (TPSA) is 83.5 Å². The predicted molar refractivity (Wildman–Crippen MR) is 162 cm³/mol. The molecule has 2 aromatic carbocycles. The van der Waals surface area contributed by atoms with Gasteiger partial charge in [0.2, 0.25) is 0 Å². The minimum absolute atomic E-state index is 0.0393. The highest BCUT2D eigenvalue weighted by Gasteiger charge is 2.85. The number of hydrogen-bond donors (Lipinski definition) is 0. The first kappa shape index (κ1) is 46.4. The lowest BCUT2D eigenvalue weighted by Crippen LogP contribution is -2.64. The number of alkyl halides is 15. The number of benzene rings is 2. The third-order valence-electron chi connectivity index (χ3n) is 7.76. The molecular formula is C33H32F15NO7. The number of anilines is 1. The zero-order valence-electron chi connectivity index (χ0n) is 28.7. The first-order chi connectivity index (χ1) is 25.7. The van der Waals surface area contributed by atoms with Gasteiger partial charge in [-0.3, -0.25) is 9.69 Å². The molecule has 0 aliphatic carbocycles. The highest BCUT2D eigenvalue weighted by molar-refractivity contribution is 6.14. The van der Waals surface area contributed by atoms with Crippen molar-refractivity contribution in [2.45, 2.75) is 94.0 Å². The van der Waals surface area contributed by atoms with Crippen molar-refractivity contribution in [1.82, 2.24) is 0 Å². The Morgan fingerprint density at radius 1 is 0.732 bits per heavy atom. The third-order valence-corrected chi connectivity index (χ3v) is 7.76. The van der Waals surface area contributed by atoms with E-state index in [2.05, 4.69) is 16.4 Å². The zero-order valence-corrected chi connectivity index (χ0v) is 28.7. The van der Waals surface area contributed by atoms with Gasteiger partial charge in [-0.05, 0) is 42.8 Å². The second kappa shape index (κ2) is 17.7. The van der Waals surface area contributed by atoms with E-state index in [1.54, 1.807) is 16.9 Å². The molecule has 0 unspecified atom stereocenters. The summed E-state index contributed by atoms with van der Waals surface area (Å²) in [4.78, 5) is 26.8. The second-order valence-electron chi connectivity index (χ2n) is 12.2. The molecule has 1 atom stereocenters. The van der Waals surface area contributed by atoms with Crippen LogP contribution in [0, 0.1) is 0 Å². The van der Waals surface area contributed by atoms with Crippen LogP contribution in [0.5, 0.6) is 5.75 Å². The van der Waals surface area contributed by atoms with E-state index in [0.717, 1.165) is 43.4 Å². The molecule has 1 aliphatic rings. The number of hydrogen-bond acceptors (Lipinski definition) is 7. The Hall–Kier alpha value is -3.99. The van der Waals surface area contributed by atoms with Gasteiger partial charge in [-0.2, -0.15) is 65.9 Å². The Morgan fingerprint density at radius 2 is 1.30 bits per heavy atom. The summed E-state index contributed by atoms with van der Waals surface area (Å²) in [6.45, 7) is -1.59. The highest BCUT2D eigenvalue weighted by Crippen LogP contribution is 2.56. The van der Waals surface area contributed by atoms with E-state index in [0.29, 0.717) is 12.4 Å². The Labute approximate surface area is 307 Å². The van der Waals surface area contributed by atoms with Gasteiger partial charge in [0.1, 0.15) is 18.5 Å². The van der Waals surface area contributed by atoms with Gasteiger partial charge in [0.25, 0.3) is 0 Å². The van der Waals surface area contributed by atoms with Gasteiger partial charge in [-0.25, -0.2) is 14.3 Å². The number of cyclic esters (lactones) is 1. The number of unbranched alkanes of at least 4 members (excludes halogenated alkanes) is 5. The van der Waals surface area contributed by atoms with Gasteiger partial charge >= 0.3 is 48.5 Å². The summed E-state index contributed by atoms with van der Waals surface area (Å²) in [6.07, 6.45) is -31.9. The fourth-order valence-corrected chi connectivity index (χ4v) is 4.87. The summed E-state index contributed by atoms with van der Waals surface area (Å²) >= 11 is 0. The average molecular weight is 840 g/mol. The lowest BCUT2D eigenvalue weighted by Gasteiger charge is -2.36. The van der Waals surface area contributed by atoms with Crippen molar-refractivity contribution >= 4 is 17.6 Å². The molecule has 23 heteroatoms. The molecule has 3 rings (SSSR count). The smallest absolute Gasteiger partial charge is 0.460 e. The molecule has 0 saturated carbocycles. The van der Waals surface area contributed by atoms with E-state index < -0.39 is 80.2 Å². The predicted octanol–water partition coefficient (Wildman–Crippen LogP) is 10.2. The lowest BCUT2D eigenvalue weighted by molar-refractivity contribution is -0.543. The van der Waals surface area contributed by atoms with Gasteiger partial charge in [0, 0.05) is 11.1 Å². The monoisotopic (exact) mass is 839 g/mol. The summed E-state index contributed by atoms with van der Waals surface area (Å²) in [5.74, 6) is -15.9. The number of nitrogens with zero attached hydrogens (tertiary/aromatic N) is 1. The molecule has 0 aromatic heterocycles. The van der Waals surface area contributed by atoms with Crippen molar-refractivity contribution in [2.75, 3.05) is 31.3 Å². The number of carbonyl (C=O) groups is 2. The first-order valence-electron chi connectivity index (χ1n) is 16.4. The summed E-state index contributed by atoms with van der Waals surface area (Å²) in [7, 11) is 0. The maximum Gasteiger partial charge on any atom is 0.460 e. The van der Waals surface area contributed by atoms with Gasteiger partial charge in [-0.15, -0.1) is 0 Å². The molecule has 2 aromatic rings. The van der Waals surface area contributed by atoms with Gasteiger partial charge in [0.05, 0.1) is 25.4 Å². The number of amides is 1. The summed E-state index contributed by atoms with van der Waals surface area (Å²) < 4.78 is 217. The van der Waals surface area contributed by atoms with E-state index in [-0.39, 0.29) is 16.8 Å². The summed E-state index contributed by atoms with van der Waals surface area (Å²) in [5.41, 5.74) is 0.0883. The Kier molecular flexibility index (Phi) is 14.6. The summed E-state index contributed by atoms with van der Waals surface area (Å²) in [5, 5.41) is 0. The summed E-state index contributed by atoms with van der Waals surface area (Å²) in [6, 6.07) is 11.6. The quantitative estimate of drug-likeness (QED) is 0.0663. The molecule has 1 fully saturated rings. The van der Waals surface area contributed by atoms with Crippen LogP contribution in [-0.4, -0.2) is 86.8 Å². The SMILES string of the molecule is CCCCCCCCOc1ccc(C(=O)c2ccccc2N2C[C@@H](COCC(F)(F)OC(F)(F)C(F)(F)OC(F)(F)C(F)(F)C(F)(F)C(F)(F)F)OC2=O)cc1. The minimum atomic E-state index is -7.97. The molecule has 0 bridgehead atoms. The van der Waals surface area contributed by atoms with Crippen molar-refractivity contribution in [1.29, 1.82) is 0 Å². The van der Waals surface area contributed by atoms with Crippen molar-refractivity contribution in [2.24, 2.45) is 0 Å². The van der Waals surface area contributed by atoms with Crippen LogP contribution in [0.4, 0.5) is 76.3 Å². The van der Waals surface area contributed by atoms with Gasteiger partial charge < -0.3 is 14.2 Å². The molecule has 0 spiro atoms. The first-order valence-corrected chi connectivity index (χ1v) is 16.4. The van der Waals surface area contributed by atoms with Crippen LogP contribution < -0.4 is 9.64 Å². The molecule has 316 valence electrons. The van der Waals surface area contributed by atoms with Gasteiger partial charge in [-0.1, -0.05) is 51.2 Å². The van der Waals surface area contributed by atoms with E-state index in [4.69, 9.17) is 9.47 Å². The van der Waals surface area contributed by atoms with Crippen LogP contribution >= 0.6 is 0 Å². The van der Waals surface area contributed by atoms with Crippen LogP contribution in [-0.2, 0) is 18.9 Å². The highest BCUT2D eigenvalue weighted by atomic mass is 19.4. The molecular weight excluding hydrogens is 807 g/mol. The number of ketones is 1. The average Bonchev–Trinajstić information content (AvgIpc) is 3.45. The van der Waals surface area contributed by atoms with E-state index in [9.17, 15) is 75.4 Å². The Bertz CT molecular complexity index is 1620. The molecule has 56 heavy (non-hydrogen) atoms. The van der Waals surface area contributed by atoms with Crippen LogP contribution in [0.2, 0.25) is 0 Å². The van der Waals surface area contributed by atoms with Crippen LogP contribution in [0.3, 0.4) is 0 Å². The number of rotatable bonds is 22. The maximum atomic E-state index is 14.0. The van der Waals surface area contributed by atoms with Crippen molar-refractivity contribution in [3.8, 4) is 5.75 Å². The molecule has 1 saturated heterocycles. The number of halogens is 15. The molecule has 1 aliphatic heterocycles. The molecule has 0 N–H and O–H groups in total. The Balaban J connectivity index is 1.59. The normalized spacial score (nSPS) is 16.3. The molecule has 1 amide bonds. The maximum absolute atomic E-state index is 14.0. The zero-order chi connectivity index (χ0) is 42.4. The number of ether oxygens (including phenoxy) is 5. The minimum Gasteiger partial charge on any atom is -0.494 e. The number of para-hydroxylation sites is 1. The second-order valence-corrected chi connectivity index (χ2v) is 12.2. The fraction of sp³-hybridized carbons (Fsp3) is 0.576.